The minimum Gasteiger partial charge on any atom is -0.508 e. The smallest absolute Gasteiger partial charge is 0.309 e. The molecule has 0 heterocycles. The van der Waals surface area contributed by atoms with Crippen LogP contribution in [0, 0.1) is 6.92 Å². The van der Waals surface area contributed by atoms with Crippen LogP contribution in [0.25, 0.3) is 0 Å². The van der Waals surface area contributed by atoms with Crippen molar-refractivity contribution < 1.29 is 17.7 Å². The predicted octanol–water partition coefficient (Wildman–Crippen LogP) is 6.50. The van der Waals surface area contributed by atoms with E-state index < -0.39 is 10.1 Å². The maximum Gasteiger partial charge on any atom is 0.309 e. The molecule has 0 unspecified atom stereocenters. The average molecular weight is 399 g/mol. The summed E-state index contributed by atoms with van der Waals surface area (Å²) >= 11 is 0. The highest BCUT2D eigenvalue weighted by Gasteiger charge is 2.13. The fourth-order valence-electron chi connectivity index (χ4n) is 3.16. The molecule has 0 amide bonds. The van der Waals surface area contributed by atoms with Gasteiger partial charge in [0.15, 0.2) is 0 Å². The third kappa shape index (κ3) is 12.0. The topological polar surface area (TPSA) is 63.6 Å². The van der Waals surface area contributed by atoms with E-state index in [0.29, 0.717) is 12.0 Å². The second kappa shape index (κ2) is 13.9. The molecule has 1 N–H and O–H groups in total. The fraction of sp³-hybridized carbons (Fsp3) is 0.727. The van der Waals surface area contributed by atoms with Crippen LogP contribution in [0.15, 0.2) is 18.2 Å². The van der Waals surface area contributed by atoms with Crippen molar-refractivity contribution in [2.24, 2.45) is 0 Å². The lowest BCUT2D eigenvalue weighted by Crippen LogP contribution is -2.13. The van der Waals surface area contributed by atoms with Crippen molar-refractivity contribution in [2.45, 2.75) is 97.3 Å². The largest absolute Gasteiger partial charge is 0.508 e. The van der Waals surface area contributed by atoms with Crippen LogP contribution in [0.5, 0.6) is 11.5 Å². The Kier molecular flexibility index (Phi) is 12.2. The van der Waals surface area contributed by atoms with Crippen LogP contribution in [0.4, 0.5) is 0 Å². The van der Waals surface area contributed by atoms with Crippen LogP contribution in [0.1, 0.15) is 96.0 Å². The quantitative estimate of drug-likeness (QED) is 0.255. The monoisotopic (exact) mass is 398 g/mol. The Labute approximate surface area is 166 Å². The van der Waals surface area contributed by atoms with Crippen LogP contribution in [0.2, 0.25) is 0 Å². The number of rotatable bonds is 16. The molecule has 0 saturated heterocycles. The molecule has 156 valence electrons. The highest BCUT2D eigenvalue weighted by atomic mass is 32.2. The molecule has 0 radical (unpaired) electrons. The molecule has 0 bridgehead atoms. The number of phenols is 1. The lowest BCUT2D eigenvalue weighted by Gasteiger charge is -2.08. The van der Waals surface area contributed by atoms with Gasteiger partial charge >= 0.3 is 10.1 Å². The van der Waals surface area contributed by atoms with Gasteiger partial charge < -0.3 is 9.29 Å². The molecule has 0 aliphatic heterocycles. The van der Waals surface area contributed by atoms with Gasteiger partial charge in [-0.15, -0.1) is 0 Å². The van der Waals surface area contributed by atoms with Gasteiger partial charge in [-0.25, -0.2) is 0 Å². The van der Waals surface area contributed by atoms with Gasteiger partial charge in [-0.1, -0.05) is 84.0 Å². The van der Waals surface area contributed by atoms with Gasteiger partial charge in [-0.3, -0.25) is 0 Å². The number of aromatic hydroxyl groups is 1. The first-order valence-electron chi connectivity index (χ1n) is 10.7. The zero-order chi connectivity index (χ0) is 20.0. The van der Waals surface area contributed by atoms with Crippen molar-refractivity contribution in [3.63, 3.8) is 0 Å². The molecule has 0 atom stereocenters. The molecule has 1 rings (SSSR count). The first-order chi connectivity index (χ1) is 12.9. The van der Waals surface area contributed by atoms with Gasteiger partial charge in [-0.2, -0.15) is 8.42 Å². The third-order valence-corrected chi connectivity index (χ3v) is 6.12. The molecule has 5 heteroatoms. The van der Waals surface area contributed by atoms with Crippen LogP contribution in [0.3, 0.4) is 0 Å². The van der Waals surface area contributed by atoms with E-state index in [1.54, 1.807) is 6.92 Å². The molecule has 0 aliphatic carbocycles. The lowest BCUT2D eigenvalue weighted by atomic mass is 10.1. The van der Waals surface area contributed by atoms with Gasteiger partial charge in [0, 0.05) is 0 Å². The van der Waals surface area contributed by atoms with E-state index in [-0.39, 0.29) is 17.3 Å². The zero-order valence-electron chi connectivity index (χ0n) is 17.2. The Morgan fingerprint density at radius 2 is 1.30 bits per heavy atom. The van der Waals surface area contributed by atoms with Crippen LogP contribution in [-0.2, 0) is 10.1 Å². The van der Waals surface area contributed by atoms with Crippen molar-refractivity contribution >= 4 is 10.1 Å². The van der Waals surface area contributed by atoms with Crippen molar-refractivity contribution in [3.05, 3.63) is 23.8 Å². The van der Waals surface area contributed by atoms with E-state index in [4.69, 9.17) is 4.18 Å². The van der Waals surface area contributed by atoms with E-state index in [0.717, 1.165) is 12.8 Å². The molecule has 0 aliphatic rings. The number of hydrogen-bond donors (Lipinski definition) is 1. The normalized spacial score (nSPS) is 11.6. The Balaban J connectivity index is 2.01. The van der Waals surface area contributed by atoms with Gasteiger partial charge in [-0.05, 0) is 37.1 Å². The Bertz CT molecular complexity index is 611. The molecule has 0 saturated carbocycles. The molecule has 0 fully saturated rings. The summed E-state index contributed by atoms with van der Waals surface area (Å²) in [5.74, 6) is 0.446. The molecular formula is C22H38O4S. The van der Waals surface area contributed by atoms with E-state index in [1.165, 1.54) is 82.4 Å². The second-order valence-corrected chi connectivity index (χ2v) is 9.23. The minimum absolute atomic E-state index is 0.0463. The molecule has 0 spiro atoms. The van der Waals surface area contributed by atoms with Crippen molar-refractivity contribution in [3.8, 4) is 11.5 Å². The average Bonchev–Trinajstić information content (AvgIpc) is 2.62. The molecule has 4 nitrogen and oxygen atoms in total. The highest BCUT2D eigenvalue weighted by Crippen LogP contribution is 2.23. The SMILES string of the molecule is CCCCCCCCCCCCCCCS(=O)(=O)Oc1ccc(O)c(C)c1. The third-order valence-electron chi connectivity index (χ3n) is 4.89. The Morgan fingerprint density at radius 1 is 0.815 bits per heavy atom. The number of hydrogen-bond acceptors (Lipinski definition) is 4. The van der Waals surface area contributed by atoms with Crippen molar-refractivity contribution in [1.82, 2.24) is 0 Å². The van der Waals surface area contributed by atoms with Crippen molar-refractivity contribution in [2.75, 3.05) is 5.75 Å². The first kappa shape index (κ1) is 23.8. The maximum atomic E-state index is 12.0. The van der Waals surface area contributed by atoms with E-state index >= 15 is 0 Å². The molecule has 27 heavy (non-hydrogen) atoms. The summed E-state index contributed by atoms with van der Waals surface area (Å²) in [5, 5.41) is 9.47. The predicted molar refractivity (Wildman–Crippen MR) is 113 cm³/mol. The van der Waals surface area contributed by atoms with Crippen LogP contribution in [-0.4, -0.2) is 19.3 Å². The molecular weight excluding hydrogens is 360 g/mol. The summed E-state index contributed by atoms with van der Waals surface area (Å²) in [7, 11) is -3.56. The summed E-state index contributed by atoms with van der Waals surface area (Å²) in [5.41, 5.74) is 0.601. The Morgan fingerprint density at radius 3 is 1.78 bits per heavy atom. The van der Waals surface area contributed by atoms with Crippen molar-refractivity contribution in [1.29, 1.82) is 0 Å². The summed E-state index contributed by atoms with van der Waals surface area (Å²) in [6.07, 6.45) is 15.9. The lowest BCUT2D eigenvalue weighted by molar-refractivity contribution is 0.464. The summed E-state index contributed by atoms with van der Waals surface area (Å²) in [6, 6.07) is 4.46. The first-order valence-corrected chi connectivity index (χ1v) is 12.2. The van der Waals surface area contributed by atoms with E-state index in [1.807, 2.05) is 0 Å². The van der Waals surface area contributed by atoms with Gasteiger partial charge in [0.05, 0.1) is 5.75 Å². The summed E-state index contributed by atoms with van der Waals surface area (Å²) in [4.78, 5) is 0. The molecule has 1 aromatic carbocycles. The second-order valence-electron chi connectivity index (χ2n) is 7.54. The van der Waals surface area contributed by atoms with E-state index in [9.17, 15) is 13.5 Å². The van der Waals surface area contributed by atoms with Crippen LogP contribution >= 0.6 is 0 Å². The molecule has 1 aromatic rings. The number of unbranched alkanes of at least 4 members (excludes halogenated alkanes) is 12. The number of aryl methyl sites for hydroxylation is 1. The number of phenolic OH excluding ortho intramolecular Hbond substituents is 1. The van der Waals surface area contributed by atoms with Crippen LogP contribution < -0.4 is 4.18 Å². The summed E-state index contributed by atoms with van der Waals surface area (Å²) < 4.78 is 29.1. The standard InChI is InChI=1S/C22H38O4S/c1-3-4-5-6-7-8-9-10-11-12-13-14-15-18-27(24,25)26-21-16-17-22(23)20(2)19-21/h16-17,19,23H,3-15,18H2,1-2H3. The maximum absolute atomic E-state index is 12.0. The molecule has 0 aromatic heterocycles. The Hall–Kier alpha value is -1.23. The van der Waals surface area contributed by atoms with Gasteiger partial charge in [0.1, 0.15) is 11.5 Å². The van der Waals surface area contributed by atoms with Gasteiger partial charge in [0.2, 0.25) is 0 Å². The number of benzene rings is 1. The summed E-state index contributed by atoms with van der Waals surface area (Å²) in [6.45, 7) is 3.96. The zero-order valence-corrected chi connectivity index (χ0v) is 18.0. The van der Waals surface area contributed by atoms with E-state index in [2.05, 4.69) is 6.92 Å². The fourth-order valence-corrected chi connectivity index (χ4v) is 4.20. The minimum atomic E-state index is -3.56. The van der Waals surface area contributed by atoms with Gasteiger partial charge in [0.25, 0.3) is 0 Å². The highest BCUT2D eigenvalue weighted by molar-refractivity contribution is 7.87.